The minimum absolute atomic E-state index is 0.526. The molecule has 0 amide bonds. The number of aryl methyl sites for hydroxylation is 3. The number of rotatable bonds is 4. The summed E-state index contributed by atoms with van der Waals surface area (Å²) in [4.78, 5) is 0. The maximum Gasteiger partial charge on any atom is 0.277 e. The highest BCUT2D eigenvalue weighted by atomic mass is 32.2. The van der Waals surface area contributed by atoms with Crippen molar-refractivity contribution in [3.63, 3.8) is 0 Å². The molecule has 0 unspecified atom stereocenters. The summed E-state index contributed by atoms with van der Waals surface area (Å²) in [7, 11) is 0. The van der Waals surface area contributed by atoms with E-state index in [9.17, 15) is 0 Å². The monoisotopic (exact) mass is 301 g/mol. The van der Waals surface area contributed by atoms with Gasteiger partial charge in [0.05, 0.1) is 11.4 Å². The van der Waals surface area contributed by atoms with Gasteiger partial charge in [0, 0.05) is 11.6 Å². The molecule has 0 aliphatic carbocycles. The summed E-state index contributed by atoms with van der Waals surface area (Å²) < 4.78 is 10.8. The molecule has 0 atom stereocenters. The molecule has 3 rings (SSSR count). The first-order valence-corrected chi connectivity index (χ1v) is 7.56. The van der Waals surface area contributed by atoms with Crippen LogP contribution >= 0.6 is 11.8 Å². The van der Waals surface area contributed by atoms with E-state index in [2.05, 4.69) is 35.3 Å². The van der Waals surface area contributed by atoms with Gasteiger partial charge in [-0.25, -0.2) is 0 Å². The molecule has 1 aromatic carbocycles. The van der Waals surface area contributed by atoms with Gasteiger partial charge in [0.2, 0.25) is 5.89 Å². The van der Waals surface area contributed by atoms with Gasteiger partial charge in [-0.05, 0) is 32.9 Å². The number of hydrogen-bond acceptors (Lipinski definition) is 6. The quantitative estimate of drug-likeness (QED) is 0.680. The Labute approximate surface area is 126 Å². The van der Waals surface area contributed by atoms with E-state index in [1.54, 1.807) is 0 Å². The average molecular weight is 301 g/mol. The van der Waals surface area contributed by atoms with Gasteiger partial charge in [0.25, 0.3) is 5.22 Å². The second kappa shape index (κ2) is 5.73. The maximum absolute atomic E-state index is 5.69. The lowest BCUT2D eigenvalue weighted by Gasteiger charge is -1.99. The predicted octanol–water partition coefficient (Wildman–Crippen LogP) is 3.94. The van der Waals surface area contributed by atoms with E-state index in [1.165, 1.54) is 22.9 Å². The predicted molar refractivity (Wildman–Crippen MR) is 80.0 cm³/mol. The summed E-state index contributed by atoms with van der Waals surface area (Å²) in [6.45, 7) is 5.99. The van der Waals surface area contributed by atoms with E-state index >= 15 is 0 Å². The fourth-order valence-corrected chi connectivity index (χ4v) is 2.74. The molecule has 0 N–H and O–H groups in total. The summed E-state index contributed by atoms with van der Waals surface area (Å²) in [5.41, 5.74) is 4.17. The van der Waals surface area contributed by atoms with Crippen LogP contribution in [0.4, 0.5) is 0 Å². The third-order valence-electron chi connectivity index (χ3n) is 2.89. The lowest BCUT2D eigenvalue weighted by Crippen LogP contribution is -1.82. The first kappa shape index (κ1) is 13.9. The van der Waals surface area contributed by atoms with Crippen molar-refractivity contribution < 1.29 is 8.94 Å². The number of nitrogens with zero attached hydrogens (tertiary/aromatic N) is 3. The van der Waals surface area contributed by atoms with E-state index in [1.807, 2.05) is 25.1 Å². The molecule has 0 aliphatic rings. The highest BCUT2D eigenvalue weighted by Crippen LogP contribution is 2.26. The smallest absolute Gasteiger partial charge is 0.277 e. The van der Waals surface area contributed by atoms with Gasteiger partial charge in [-0.3, -0.25) is 0 Å². The summed E-state index contributed by atoms with van der Waals surface area (Å²) in [6, 6.07) is 8.08. The van der Waals surface area contributed by atoms with Gasteiger partial charge in [0.15, 0.2) is 0 Å². The van der Waals surface area contributed by atoms with Crippen molar-refractivity contribution in [2.24, 2.45) is 0 Å². The fourth-order valence-electron chi connectivity index (χ4n) is 2.10. The third kappa shape index (κ3) is 3.33. The summed E-state index contributed by atoms with van der Waals surface area (Å²) in [6.07, 6.45) is 0. The van der Waals surface area contributed by atoms with Crippen molar-refractivity contribution in [2.45, 2.75) is 31.7 Å². The van der Waals surface area contributed by atoms with E-state index in [4.69, 9.17) is 8.94 Å². The molecule has 0 saturated carbocycles. The molecular formula is C15H15N3O2S. The number of hydrogen-bond donors (Lipinski definition) is 0. The number of thioether (sulfide) groups is 1. The molecule has 2 aromatic heterocycles. The molecule has 0 aliphatic heterocycles. The molecule has 0 fully saturated rings. The molecule has 5 nitrogen and oxygen atoms in total. The lowest BCUT2D eigenvalue weighted by atomic mass is 10.1. The van der Waals surface area contributed by atoms with Crippen LogP contribution in [0.1, 0.15) is 22.6 Å². The van der Waals surface area contributed by atoms with Crippen molar-refractivity contribution in [1.29, 1.82) is 0 Å². The molecule has 21 heavy (non-hydrogen) atoms. The van der Waals surface area contributed by atoms with Crippen LogP contribution in [0.5, 0.6) is 0 Å². The molecule has 0 radical (unpaired) electrons. The summed E-state index contributed by atoms with van der Waals surface area (Å²) >= 11 is 1.44. The van der Waals surface area contributed by atoms with Crippen LogP contribution in [0, 0.1) is 20.8 Å². The van der Waals surface area contributed by atoms with Gasteiger partial charge >= 0.3 is 0 Å². The Hall–Kier alpha value is -2.08. The van der Waals surface area contributed by atoms with Crippen molar-refractivity contribution in [3.8, 4) is 11.5 Å². The molecule has 0 spiro atoms. The standard InChI is InChI=1S/C15H15N3O2S/c1-9-4-10(2)6-12(5-9)14-16-17-15(19-14)21-8-13-7-11(3)18-20-13/h4-7H,8H2,1-3H3. The Kier molecular flexibility index (Phi) is 3.79. The summed E-state index contributed by atoms with van der Waals surface area (Å²) in [5.74, 6) is 1.96. The van der Waals surface area contributed by atoms with Crippen LogP contribution in [0.25, 0.3) is 11.5 Å². The molecule has 3 aromatic rings. The molecule has 0 saturated heterocycles. The topological polar surface area (TPSA) is 65.0 Å². The van der Waals surface area contributed by atoms with E-state index < -0.39 is 0 Å². The van der Waals surface area contributed by atoms with Gasteiger partial charge in [-0.15, -0.1) is 10.2 Å². The van der Waals surface area contributed by atoms with Crippen LogP contribution in [-0.2, 0) is 5.75 Å². The van der Waals surface area contributed by atoms with E-state index in [0.717, 1.165) is 17.0 Å². The Balaban J connectivity index is 1.73. The molecule has 0 bridgehead atoms. The van der Waals surface area contributed by atoms with Crippen molar-refractivity contribution in [2.75, 3.05) is 0 Å². The third-order valence-corrected chi connectivity index (χ3v) is 3.73. The molecular weight excluding hydrogens is 286 g/mol. The number of aromatic nitrogens is 3. The van der Waals surface area contributed by atoms with Crippen molar-refractivity contribution in [3.05, 3.63) is 46.8 Å². The van der Waals surface area contributed by atoms with Crippen molar-refractivity contribution in [1.82, 2.24) is 15.4 Å². The summed E-state index contributed by atoms with van der Waals surface area (Å²) in [5, 5.41) is 12.5. The van der Waals surface area contributed by atoms with Crippen LogP contribution in [0.3, 0.4) is 0 Å². The first-order chi connectivity index (χ1) is 10.1. The Bertz CT molecular complexity index is 744. The van der Waals surface area contributed by atoms with Gasteiger partial charge in [-0.1, -0.05) is 34.1 Å². The second-order valence-electron chi connectivity index (χ2n) is 4.97. The highest BCUT2D eigenvalue weighted by molar-refractivity contribution is 7.98. The Morgan fingerprint density at radius 2 is 1.76 bits per heavy atom. The fraction of sp³-hybridized carbons (Fsp3) is 0.267. The molecule has 2 heterocycles. The Morgan fingerprint density at radius 3 is 2.43 bits per heavy atom. The molecule has 108 valence electrons. The minimum atomic E-state index is 0.526. The normalized spacial score (nSPS) is 11.0. The van der Waals surface area contributed by atoms with E-state index in [-0.39, 0.29) is 0 Å². The van der Waals surface area contributed by atoms with Crippen LogP contribution in [0.2, 0.25) is 0 Å². The largest absolute Gasteiger partial charge is 0.411 e. The SMILES string of the molecule is Cc1cc(C)cc(-c2nnc(SCc3cc(C)no3)o2)c1. The van der Waals surface area contributed by atoms with Crippen LogP contribution in [0.15, 0.2) is 38.4 Å². The van der Waals surface area contributed by atoms with Crippen molar-refractivity contribution >= 4 is 11.8 Å². The minimum Gasteiger partial charge on any atom is -0.411 e. The van der Waals surface area contributed by atoms with Crippen LogP contribution in [-0.4, -0.2) is 15.4 Å². The van der Waals surface area contributed by atoms with E-state index in [0.29, 0.717) is 16.9 Å². The highest BCUT2D eigenvalue weighted by Gasteiger charge is 2.11. The lowest BCUT2D eigenvalue weighted by molar-refractivity contribution is 0.390. The van der Waals surface area contributed by atoms with Gasteiger partial charge in [-0.2, -0.15) is 0 Å². The van der Waals surface area contributed by atoms with Gasteiger partial charge in [0.1, 0.15) is 5.76 Å². The first-order valence-electron chi connectivity index (χ1n) is 6.57. The molecule has 6 heteroatoms. The second-order valence-corrected chi connectivity index (χ2v) is 5.90. The van der Waals surface area contributed by atoms with Crippen LogP contribution < -0.4 is 0 Å². The Morgan fingerprint density at radius 1 is 1.00 bits per heavy atom. The van der Waals surface area contributed by atoms with Gasteiger partial charge < -0.3 is 8.94 Å². The zero-order valence-electron chi connectivity index (χ0n) is 12.1. The number of benzene rings is 1. The zero-order valence-corrected chi connectivity index (χ0v) is 12.9. The zero-order chi connectivity index (χ0) is 14.8. The average Bonchev–Trinajstić information content (AvgIpc) is 3.04. The maximum atomic E-state index is 5.69.